The summed E-state index contributed by atoms with van der Waals surface area (Å²) in [5.74, 6) is 0. The Labute approximate surface area is 308 Å². The predicted octanol–water partition coefficient (Wildman–Crippen LogP) is 10.4. The lowest BCUT2D eigenvalue weighted by atomic mass is 9.92. The van der Waals surface area contributed by atoms with Crippen molar-refractivity contribution in [3.63, 3.8) is 0 Å². The van der Waals surface area contributed by atoms with Crippen LogP contribution in [-0.4, -0.2) is 29.8 Å². The first-order valence-electron chi connectivity index (χ1n) is 17.9. The second-order valence-electron chi connectivity index (χ2n) is 14.0. The lowest BCUT2D eigenvalue weighted by Gasteiger charge is -2.11. The van der Waals surface area contributed by atoms with Crippen molar-refractivity contribution < 1.29 is 0 Å². The Morgan fingerprint density at radius 2 is 0.830 bits per heavy atom. The summed E-state index contributed by atoms with van der Waals surface area (Å²) < 4.78 is 4.66. The van der Waals surface area contributed by atoms with Crippen LogP contribution in [0.4, 0.5) is 0 Å². The molecule has 0 saturated carbocycles. The fourth-order valence-electron chi connectivity index (χ4n) is 8.48. The van der Waals surface area contributed by atoms with Crippen molar-refractivity contribution in [1.82, 2.24) is 14.1 Å². The van der Waals surface area contributed by atoms with Gasteiger partial charge in [0.2, 0.25) is 0 Å². The molecule has 3 nitrogen and oxygen atoms in total. The highest BCUT2D eigenvalue weighted by Crippen LogP contribution is 2.42. The van der Waals surface area contributed by atoms with Crippen LogP contribution >= 0.6 is 0 Å². The SMILES string of the molecule is [B]c1ccc2c(c1)c1cc(-c3cc(-c4ccc5c(c4)c4cc([B])ccc4n5-c4ccccc4)c4[nH]c5ccccc5c4c3)ccc1n2-c1ccccc1. The molecule has 0 aliphatic heterocycles. The fraction of sp³-hybridized carbons (Fsp3) is 0. The zero-order chi connectivity index (χ0) is 35.2. The van der Waals surface area contributed by atoms with Gasteiger partial charge in [-0.2, -0.15) is 0 Å². The van der Waals surface area contributed by atoms with Crippen molar-refractivity contribution in [2.75, 3.05) is 0 Å². The van der Waals surface area contributed by atoms with E-state index in [1.165, 1.54) is 16.2 Å². The monoisotopic (exact) mass is 669 g/mol. The number of aromatic amines is 1. The molecule has 1 N–H and O–H groups in total. The number of fused-ring (bicyclic) bond motifs is 9. The van der Waals surface area contributed by atoms with E-state index in [-0.39, 0.29) is 0 Å². The number of aromatic nitrogens is 3. The number of hydrogen-bond donors (Lipinski definition) is 1. The average Bonchev–Trinajstić information content (AvgIpc) is 3.85. The molecular formula is C48H29B2N3. The van der Waals surface area contributed by atoms with Crippen LogP contribution < -0.4 is 10.9 Å². The third-order valence-electron chi connectivity index (χ3n) is 10.9. The highest BCUT2D eigenvalue weighted by molar-refractivity contribution is 6.34. The standard InChI is InChI=1S/C48H29B2N3/c49-32-17-21-46-40(27-32)38-23-29(15-19-44(38)52(46)34-9-3-1-4-10-34)31-25-37(48-42(26-31)36-13-7-8-14-43(36)51-48)30-16-20-45-39(24-30)41-28-33(50)18-22-47(41)53(45)35-11-5-2-6-12-35/h1-28,51H. The van der Waals surface area contributed by atoms with Crippen LogP contribution in [-0.2, 0) is 0 Å². The number of rotatable bonds is 4. The van der Waals surface area contributed by atoms with E-state index in [1.54, 1.807) is 0 Å². The molecule has 5 heteroatoms. The molecule has 0 saturated heterocycles. The zero-order valence-corrected chi connectivity index (χ0v) is 28.7. The Morgan fingerprint density at radius 3 is 1.43 bits per heavy atom. The minimum atomic E-state index is 0.751. The highest BCUT2D eigenvalue weighted by atomic mass is 15.0. The van der Waals surface area contributed by atoms with Gasteiger partial charge < -0.3 is 14.1 Å². The third kappa shape index (κ3) is 4.57. The maximum atomic E-state index is 6.41. The van der Waals surface area contributed by atoms with Crippen LogP contribution in [0.5, 0.6) is 0 Å². The third-order valence-corrected chi connectivity index (χ3v) is 10.9. The molecule has 3 aromatic heterocycles. The summed E-state index contributed by atoms with van der Waals surface area (Å²) in [5.41, 5.74) is 15.1. The minimum Gasteiger partial charge on any atom is -0.354 e. The second kappa shape index (κ2) is 11.4. The molecule has 0 unspecified atom stereocenters. The lowest BCUT2D eigenvalue weighted by molar-refractivity contribution is 1.18. The zero-order valence-electron chi connectivity index (χ0n) is 28.7. The van der Waals surface area contributed by atoms with Gasteiger partial charge in [-0.1, -0.05) is 102 Å². The van der Waals surface area contributed by atoms with Gasteiger partial charge in [0.1, 0.15) is 15.7 Å². The van der Waals surface area contributed by atoms with Gasteiger partial charge in [-0.05, 0) is 95.6 Å². The van der Waals surface area contributed by atoms with Crippen LogP contribution in [0, 0.1) is 0 Å². The van der Waals surface area contributed by atoms with Crippen LogP contribution in [0.2, 0.25) is 0 Å². The molecule has 4 radical (unpaired) electrons. The van der Waals surface area contributed by atoms with Crippen molar-refractivity contribution >= 4 is 92.0 Å². The van der Waals surface area contributed by atoms with E-state index in [4.69, 9.17) is 15.7 Å². The number of nitrogens with zero attached hydrogens (tertiary/aromatic N) is 2. The summed E-state index contributed by atoms with van der Waals surface area (Å²) in [4.78, 5) is 3.79. The summed E-state index contributed by atoms with van der Waals surface area (Å²) in [7, 11) is 12.8. The van der Waals surface area contributed by atoms with E-state index in [0.717, 1.165) is 93.8 Å². The van der Waals surface area contributed by atoms with E-state index in [2.05, 4.69) is 172 Å². The molecule has 0 fully saturated rings. The molecule has 11 aromatic rings. The quantitative estimate of drug-likeness (QED) is 0.181. The molecule has 0 amide bonds. The molecule has 242 valence electrons. The maximum absolute atomic E-state index is 6.41. The molecule has 11 rings (SSSR count). The minimum absolute atomic E-state index is 0.751. The van der Waals surface area contributed by atoms with E-state index >= 15 is 0 Å². The first-order chi connectivity index (χ1) is 26.1. The van der Waals surface area contributed by atoms with Crippen LogP contribution in [0.3, 0.4) is 0 Å². The molecule has 53 heavy (non-hydrogen) atoms. The van der Waals surface area contributed by atoms with E-state index in [1.807, 2.05) is 12.1 Å². The first kappa shape index (κ1) is 30.0. The van der Waals surface area contributed by atoms with Crippen LogP contribution in [0.15, 0.2) is 170 Å². The number of H-pyrrole nitrogens is 1. The van der Waals surface area contributed by atoms with Gasteiger partial charge >= 0.3 is 0 Å². The van der Waals surface area contributed by atoms with E-state index in [0.29, 0.717) is 0 Å². The van der Waals surface area contributed by atoms with Gasteiger partial charge in [0, 0.05) is 54.8 Å². The Bertz CT molecular complexity index is 3240. The smallest absolute Gasteiger partial charge is 0.113 e. The Balaban J connectivity index is 1.17. The molecule has 0 aliphatic rings. The van der Waals surface area contributed by atoms with Crippen LogP contribution in [0.25, 0.3) is 99.0 Å². The highest BCUT2D eigenvalue weighted by Gasteiger charge is 2.19. The molecule has 0 spiro atoms. The normalized spacial score (nSPS) is 11.9. The van der Waals surface area contributed by atoms with Gasteiger partial charge in [0.15, 0.2) is 0 Å². The van der Waals surface area contributed by atoms with Gasteiger partial charge in [-0.3, -0.25) is 0 Å². The maximum Gasteiger partial charge on any atom is 0.113 e. The predicted molar refractivity (Wildman–Crippen MR) is 226 cm³/mol. The molecule has 0 atom stereocenters. The molecule has 0 aliphatic carbocycles. The topological polar surface area (TPSA) is 25.6 Å². The average molecular weight is 669 g/mol. The number of para-hydroxylation sites is 3. The summed E-state index contributed by atoms with van der Waals surface area (Å²) in [6.07, 6.45) is 0. The molecule has 8 aromatic carbocycles. The lowest BCUT2D eigenvalue weighted by Crippen LogP contribution is -2.00. The van der Waals surface area contributed by atoms with Crippen molar-refractivity contribution in [2.24, 2.45) is 0 Å². The molecule has 3 heterocycles. The summed E-state index contributed by atoms with van der Waals surface area (Å²) in [6.45, 7) is 0. The van der Waals surface area contributed by atoms with Gasteiger partial charge in [-0.15, -0.1) is 0 Å². The Hall–Kier alpha value is -6.71. The number of hydrogen-bond acceptors (Lipinski definition) is 0. The molecular weight excluding hydrogens is 640 g/mol. The molecule has 0 bridgehead atoms. The number of benzene rings is 8. The van der Waals surface area contributed by atoms with Crippen LogP contribution in [0.1, 0.15) is 0 Å². The van der Waals surface area contributed by atoms with Crippen molar-refractivity contribution in [1.29, 1.82) is 0 Å². The second-order valence-corrected chi connectivity index (χ2v) is 14.0. The van der Waals surface area contributed by atoms with Crippen molar-refractivity contribution in [3.05, 3.63) is 170 Å². The van der Waals surface area contributed by atoms with Gasteiger partial charge in [0.05, 0.1) is 27.6 Å². The largest absolute Gasteiger partial charge is 0.354 e. The fourth-order valence-corrected chi connectivity index (χ4v) is 8.48. The van der Waals surface area contributed by atoms with Gasteiger partial charge in [0.25, 0.3) is 0 Å². The van der Waals surface area contributed by atoms with E-state index in [9.17, 15) is 0 Å². The summed E-state index contributed by atoms with van der Waals surface area (Å²) in [6, 6.07) is 60.5. The Kier molecular flexibility index (Phi) is 6.44. The number of nitrogens with one attached hydrogen (secondary N) is 1. The first-order valence-corrected chi connectivity index (χ1v) is 17.9. The summed E-state index contributed by atoms with van der Waals surface area (Å²) in [5, 5.41) is 7.00. The van der Waals surface area contributed by atoms with Crippen molar-refractivity contribution in [3.8, 4) is 33.6 Å². The van der Waals surface area contributed by atoms with Gasteiger partial charge in [-0.25, -0.2) is 0 Å². The van der Waals surface area contributed by atoms with Crippen molar-refractivity contribution in [2.45, 2.75) is 0 Å². The summed E-state index contributed by atoms with van der Waals surface area (Å²) >= 11 is 0. The van der Waals surface area contributed by atoms with E-state index < -0.39 is 0 Å². The Morgan fingerprint density at radius 1 is 0.358 bits per heavy atom.